The van der Waals surface area contributed by atoms with Gasteiger partial charge in [-0.25, -0.2) is 4.79 Å². The van der Waals surface area contributed by atoms with E-state index in [-0.39, 0.29) is 28.3 Å². The molecule has 0 saturated carbocycles. The predicted molar refractivity (Wildman–Crippen MR) is 526 cm³/mol. The number of nitrogens with one attached hydrogen (secondary N) is 5. The molecule has 0 unspecified atom stereocenters. The van der Waals surface area contributed by atoms with E-state index in [9.17, 15) is 72.0 Å². The lowest BCUT2D eigenvalue weighted by Crippen LogP contribution is -2.49. The summed E-state index contributed by atoms with van der Waals surface area (Å²) in [6, 6.07) is -5.75. The first-order valence-electron chi connectivity index (χ1n) is 43.9. The van der Waals surface area contributed by atoms with Crippen LogP contribution in [0.5, 0.6) is 0 Å². The van der Waals surface area contributed by atoms with E-state index in [1.807, 2.05) is 77.2 Å². The lowest BCUT2D eigenvalue weighted by molar-refractivity contribution is -0.147. The summed E-state index contributed by atoms with van der Waals surface area (Å²) < 4.78 is 130. The Bertz CT molecular complexity index is 5210. The Balaban J connectivity index is 0.000000874. The zero-order chi connectivity index (χ0) is 100. The van der Waals surface area contributed by atoms with Gasteiger partial charge in [0.2, 0.25) is 41.4 Å². The first-order chi connectivity index (χ1) is 60.3. The summed E-state index contributed by atoms with van der Waals surface area (Å²) in [6.45, 7) is 43.9. The summed E-state index contributed by atoms with van der Waals surface area (Å²) in [7, 11) is -13.6. The number of carbonyl (C=O) groups is 8. The van der Waals surface area contributed by atoms with Gasteiger partial charge >= 0.3 is 5.97 Å². The van der Waals surface area contributed by atoms with Crippen molar-refractivity contribution in [3.8, 4) is 0 Å². The SMILES string of the molecule is CC1=C(/C=C/C(C)=C/C=C/C(C)=C/C(=O)N[C@@H](CS(=O)(=O)O)C(=O)N(C)C)C(C)(C)CCC1.CC1=C(/C=C/C(C)=C/C=C/C(C)=C/C(=O)N[C@@H](CS(=O)(=O)O)C(N)=O)C(C)(C)CCC1.CCCCOC(=O)[C@H](CS(=O)(=O)O)NC(=O)/C=C(C)/C=C/C=C(C)/C=C/C1=C(C)CCCC1(C)C.CNC(=O)[C@H](CS(=O)(=O)O)NC(=O)/C=C(C)/C=C/C=C(C)/C=C/C1=C(C)CCCC1(C)C. The van der Waals surface area contributed by atoms with Crippen molar-refractivity contribution in [2.45, 2.75) is 259 Å². The molecule has 32 heteroatoms. The van der Waals surface area contributed by atoms with Crippen molar-refractivity contribution >= 4 is 87.8 Å². The van der Waals surface area contributed by atoms with E-state index in [1.54, 1.807) is 58.1 Å². The summed E-state index contributed by atoms with van der Waals surface area (Å²) in [4.78, 5) is 97.1. The first kappa shape index (κ1) is 119. The number of ether oxygens (including phenoxy) is 1. The second-order valence-corrected chi connectivity index (χ2v) is 42.7. The highest BCUT2D eigenvalue weighted by Gasteiger charge is 2.33. The van der Waals surface area contributed by atoms with E-state index < -0.39 is 135 Å². The molecule has 0 fully saturated rings. The molecule has 28 nitrogen and oxygen atoms in total. The number of unbranched alkanes of at least 4 members (excludes halogenated alkanes) is 1. The van der Waals surface area contributed by atoms with Gasteiger partial charge in [-0.15, -0.1) is 0 Å². The van der Waals surface area contributed by atoms with Crippen molar-refractivity contribution in [2.24, 2.45) is 27.4 Å². The van der Waals surface area contributed by atoms with Gasteiger partial charge < -0.3 is 42.0 Å². The molecular weight excluding hydrogens is 1750 g/mol. The minimum absolute atomic E-state index is 0.110. The van der Waals surface area contributed by atoms with Crippen LogP contribution in [0.2, 0.25) is 0 Å². The molecule has 4 rings (SSSR count). The number of likely N-dealkylation sites (N-methyl/N-ethyl adjacent to an activating group) is 2. The molecule has 730 valence electrons. The number of esters is 1. The summed E-state index contributed by atoms with van der Waals surface area (Å²) in [5.41, 5.74) is 23.8. The zero-order valence-electron chi connectivity index (χ0n) is 81.5. The van der Waals surface area contributed by atoms with Crippen molar-refractivity contribution in [1.82, 2.24) is 31.5 Å². The topological polar surface area (TPSA) is 453 Å². The predicted octanol–water partition coefficient (Wildman–Crippen LogP) is 16.2. The maximum absolute atomic E-state index is 12.3. The fraction of sp³-hybridized carbons (Fsp3) is 0.515. The van der Waals surface area contributed by atoms with E-state index in [0.29, 0.717) is 28.7 Å². The second-order valence-electron chi connectivity index (χ2n) is 36.7. The highest BCUT2D eigenvalue weighted by atomic mass is 32.2. The van der Waals surface area contributed by atoms with Crippen LogP contribution in [-0.4, -0.2) is 179 Å². The number of nitrogens with zero attached hydrogens (tertiary/aromatic N) is 1. The van der Waals surface area contributed by atoms with E-state index in [1.165, 1.54) is 141 Å². The second kappa shape index (κ2) is 56.3. The van der Waals surface area contributed by atoms with Crippen LogP contribution in [0.4, 0.5) is 0 Å². The van der Waals surface area contributed by atoms with Crippen LogP contribution in [-0.2, 0) is 83.6 Å². The summed E-state index contributed by atoms with van der Waals surface area (Å²) in [5, 5.41) is 11.4. The number of nitrogens with two attached hydrogens (primary N) is 1. The van der Waals surface area contributed by atoms with Crippen molar-refractivity contribution in [3.05, 3.63) is 235 Å². The molecule has 0 saturated heterocycles. The van der Waals surface area contributed by atoms with Crippen LogP contribution in [0, 0.1) is 21.7 Å². The Hall–Kier alpha value is -9.80. The van der Waals surface area contributed by atoms with Gasteiger partial charge in [0, 0.05) is 45.4 Å². The maximum Gasteiger partial charge on any atom is 0.329 e. The molecule has 0 aromatic heterocycles. The van der Waals surface area contributed by atoms with Gasteiger partial charge in [0.25, 0.3) is 40.5 Å². The molecule has 0 aromatic rings. The molecule has 0 spiro atoms. The number of amides is 7. The number of primary amides is 1. The number of rotatable bonds is 39. The average molecular weight is 1900 g/mol. The quantitative estimate of drug-likeness (QED) is 0.00898. The third-order valence-corrected chi connectivity index (χ3v) is 25.0. The number of carbonyl (C=O) groups excluding carboxylic acids is 8. The molecule has 0 radical (unpaired) electrons. The Morgan fingerprint density at radius 1 is 0.397 bits per heavy atom. The molecule has 0 heterocycles. The van der Waals surface area contributed by atoms with E-state index in [2.05, 4.69) is 158 Å². The van der Waals surface area contributed by atoms with Crippen molar-refractivity contribution in [1.29, 1.82) is 0 Å². The summed E-state index contributed by atoms with van der Waals surface area (Å²) in [5.74, 6) is -9.60. The molecule has 4 aliphatic carbocycles. The lowest BCUT2D eigenvalue weighted by Gasteiger charge is -2.33. The largest absolute Gasteiger partial charge is 0.464 e. The fourth-order valence-corrected chi connectivity index (χ4v) is 17.5. The van der Waals surface area contributed by atoms with Gasteiger partial charge in [-0.3, -0.25) is 51.8 Å². The van der Waals surface area contributed by atoms with Crippen LogP contribution < -0.4 is 32.3 Å². The van der Waals surface area contributed by atoms with Crippen LogP contribution >= 0.6 is 0 Å². The van der Waals surface area contributed by atoms with Gasteiger partial charge in [-0.2, -0.15) is 33.7 Å². The Morgan fingerprint density at radius 3 is 0.885 bits per heavy atom. The van der Waals surface area contributed by atoms with Gasteiger partial charge in [0.1, 0.15) is 47.2 Å². The third kappa shape index (κ3) is 51.1. The highest BCUT2D eigenvalue weighted by Crippen LogP contribution is 2.44. The summed E-state index contributed by atoms with van der Waals surface area (Å²) in [6.07, 6.45) is 59.6. The van der Waals surface area contributed by atoms with Crippen LogP contribution in [0.3, 0.4) is 0 Å². The molecule has 0 bridgehead atoms. The van der Waals surface area contributed by atoms with Gasteiger partial charge in [0.15, 0.2) is 0 Å². The minimum atomic E-state index is -4.49. The maximum atomic E-state index is 12.3. The first-order valence-corrected chi connectivity index (χ1v) is 50.3. The third-order valence-electron chi connectivity index (χ3n) is 22.0. The number of allylic oxidation sites excluding steroid dienone is 36. The molecular formula is C99H149N7O21S4. The number of hydrogen-bond acceptors (Lipinski definition) is 17. The molecule has 0 aliphatic heterocycles. The smallest absolute Gasteiger partial charge is 0.329 e. The molecule has 11 N–H and O–H groups in total. The van der Waals surface area contributed by atoms with Crippen LogP contribution in [0.25, 0.3) is 0 Å². The normalized spacial score (nSPS) is 18.7. The molecule has 4 atom stereocenters. The molecule has 7 amide bonds. The standard InChI is InChI=1S/C27H41NO6S.C25H38N2O5S.C24H36N2O5S.C23H34N2O5S/c1-7-8-17-34-26(30)24(19-35(31,32)33)28-25(29)18-21(3)12-9-11-20(2)14-15-23-22(4)13-10-16-27(23,5)6;1-18(13-14-21-20(3)12-9-15-25(21,4)5)10-8-11-19(2)16-23(28)26-22(17-33(30,31)32)24(29)27(6)7;1-17(12-13-20-19(3)11-8-14-24(20,4)5)9-7-10-18(2)15-22(27)26-21(23(28)25-6)16-32(29,30)31;1-16(11-12-19-18(3)10-7-13-23(19,4)5)8-6-9-17(2)14-21(26)25-20(22(24)27)15-31(28,29)30/h9,11-12,14-15,18,24H,7-8,10,13,16-17,19H2,1-6H3,(H,28,29)(H,31,32,33);8,10-11,13-14,16,22H,9,12,15,17H2,1-7H3,(H,26,28)(H,30,31,32);7,9-10,12-13,15,21H,8,11,14,16H2,1-6H3,(H,25,28)(H,26,27)(H,29,30,31);6,8-9,11-12,14,20H,7,10,13,15H2,1-5H3,(H2,24,27)(H,25,26)(H,28,29,30)/b12-9+,15-14+,20-11+,21-18+;11-8+,14-13+,18-10+,19-16+;10-7+,13-12+,17-9+,18-15+;9-6+,12-11+,16-8+,17-14+/t24-;22-;21-;20-/m0000/s1. The molecule has 0 aromatic carbocycles. The van der Waals surface area contributed by atoms with Crippen LogP contribution in [0.15, 0.2) is 235 Å². The van der Waals surface area contributed by atoms with Gasteiger partial charge in [-0.1, -0.05) is 235 Å². The monoisotopic (exact) mass is 1900 g/mol. The van der Waals surface area contributed by atoms with Gasteiger partial charge in [-0.05, 0) is 233 Å². The number of hydrogen-bond donors (Lipinski definition) is 10. The van der Waals surface area contributed by atoms with E-state index >= 15 is 0 Å². The van der Waals surface area contributed by atoms with E-state index in [0.717, 1.165) is 59.3 Å². The molecule has 131 heavy (non-hydrogen) atoms. The average Bonchev–Trinajstić information content (AvgIpc) is 0.829. The Labute approximate surface area is 781 Å². The van der Waals surface area contributed by atoms with Crippen LogP contribution in [0.1, 0.15) is 235 Å². The fourth-order valence-electron chi connectivity index (χ4n) is 14.9. The minimum Gasteiger partial charge on any atom is -0.464 e. The van der Waals surface area contributed by atoms with Gasteiger partial charge in [0.05, 0.1) is 6.61 Å². The molecule has 4 aliphatic rings. The zero-order valence-corrected chi connectivity index (χ0v) is 84.8. The van der Waals surface area contributed by atoms with Crippen molar-refractivity contribution < 1.29 is 95.0 Å². The van der Waals surface area contributed by atoms with Crippen molar-refractivity contribution in [3.63, 3.8) is 0 Å². The van der Waals surface area contributed by atoms with E-state index in [4.69, 9.17) is 28.7 Å². The Morgan fingerprint density at radius 2 is 0.641 bits per heavy atom. The van der Waals surface area contributed by atoms with Crippen molar-refractivity contribution in [2.75, 3.05) is 50.8 Å². The Kier molecular flexibility index (Phi) is 51.2. The summed E-state index contributed by atoms with van der Waals surface area (Å²) >= 11 is 0. The highest BCUT2D eigenvalue weighted by molar-refractivity contribution is 7.86. The lowest BCUT2D eigenvalue weighted by atomic mass is 9.72.